The van der Waals surface area contributed by atoms with Gasteiger partial charge in [0.1, 0.15) is 19.6 Å². The molecule has 6 aromatic carbocycles. The molecule has 0 saturated heterocycles. The van der Waals surface area contributed by atoms with E-state index in [1.165, 1.54) is 62.4 Å². The first-order chi connectivity index (χ1) is 44.5. The van der Waals surface area contributed by atoms with Gasteiger partial charge in [0.2, 0.25) is 11.8 Å². The Morgan fingerprint density at radius 2 is 0.729 bits per heavy atom. The van der Waals surface area contributed by atoms with Gasteiger partial charge in [-0.25, -0.2) is 9.59 Å². The number of azo groups is 2. The first-order valence-electron chi connectivity index (χ1n) is 25.9. The summed E-state index contributed by atoms with van der Waals surface area (Å²) < 4.78 is 206. The minimum atomic E-state index is -5.19. The van der Waals surface area contributed by atoms with Gasteiger partial charge in [-0.1, -0.05) is 48.6 Å². The molecule has 2 unspecified atom stereocenters. The molecule has 0 fully saturated rings. The van der Waals surface area contributed by atoms with Crippen LogP contribution < -0.4 is 20.7 Å². The molecule has 2 aliphatic heterocycles. The molecule has 42 heteroatoms. The van der Waals surface area contributed by atoms with Crippen LogP contribution in [-0.2, 0) is 79.9 Å². The Balaban J connectivity index is 0.931. The van der Waals surface area contributed by atoms with Crippen molar-refractivity contribution in [2.45, 2.75) is 55.3 Å². The van der Waals surface area contributed by atoms with Crippen LogP contribution in [0, 0.1) is 0 Å². The number of rotatable bonds is 22. The van der Waals surface area contributed by atoms with E-state index in [0.717, 1.165) is 72.8 Å². The predicted octanol–water partition coefficient (Wildman–Crippen LogP) is 5.79. The second-order valence-electron chi connectivity index (χ2n) is 19.8. The Bertz CT molecular complexity index is 5010. The largest absolute Gasteiger partial charge is 0.478 e. The molecule has 10 N–H and O–H groups in total. The molecular weight excluding hydrogens is 1400 g/mol. The molecule has 0 bridgehead atoms. The van der Waals surface area contributed by atoms with Gasteiger partial charge >= 0.3 is 11.9 Å². The molecule has 0 radical (unpaired) electrons. The minimum Gasteiger partial charge on any atom is -0.478 e. The fourth-order valence-electron chi connectivity index (χ4n) is 8.67. The van der Waals surface area contributed by atoms with Crippen molar-refractivity contribution in [3.63, 3.8) is 0 Å². The fourth-order valence-corrected chi connectivity index (χ4v) is 12.5. The molecule has 0 spiro atoms. The Labute approximate surface area is 541 Å². The monoisotopic (exact) mass is 1440 g/mol. The van der Waals surface area contributed by atoms with Crippen molar-refractivity contribution in [1.82, 2.24) is 0 Å². The Morgan fingerprint density at radius 1 is 0.427 bits per heavy atom. The van der Waals surface area contributed by atoms with Gasteiger partial charge in [-0.05, 0) is 121 Å². The van der Waals surface area contributed by atoms with Crippen molar-refractivity contribution in [3.8, 4) is 0 Å². The molecule has 8 rings (SSSR count). The van der Waals surface area contributed by atoms with Gasteiger partial charge in [0, 0.05) is 12.2 Å². The van der Waals surface area contributed by atoms with Gasteiger partial charge < -0.3 is 20.8 Å². The number of carboxylic acid groups (broad SMARTS) is 2. The molecule has 6 aromatic rings. The number of nitrogens with one attached hydrogen (secondary N) is 2. The van der Waals surface area contributed by atoms with Crippen molar-refractivity contribution in [2.75, 3.05) is 20.7 Å². The molecule has 4 amide bonds. The summed E-state index contributed by atoms with van der Waals surface area (Å²) in [6.07, 6.45) is 5.87. The summed E-state index contributed by atoms with van der Waals surface area (Å²) in [6.45, 7) is 2.55. The zero-order valence-electron chi connectivity index (χ0n) is 48.0. The molecule has 36 nitrogen and oxygen atoms in total. The van der Waals surface area contributed by atoms with Crippen LogP contribution in [0.5, 0.6) is 0 Å². The van der Waals surface area contributed by atoms with Crippen molar-refractivity contribution < 1.29 is 117 Å². The van der Waals surface area contributed by atoms with E-state index >= 15 is 0 Å². The van der Waals surface area contributed by atoms with Crippen LogP contribution >= 0.6 is 0 Å². The number of carbonyl (C=O) groups is 6. The highest BCUT2D eigenvalue weighted by Gasteiger charge is 2.39. The number of amides is 4. The Kier molecular flexibility index (Phi) is 20.0. The number of nitrogens with zero attached hydrogens (tertiary/aromatic N) is 8. The maximum atomic E-state index is 13.5. The quantitative estimate of drug-likeness (QED) is 0.0166. The number of aromatic carboxylic acids is 2. The fraction of sp³-hybridized carbons (Fsp3) is 0.0741. The smallest absolute Gasteiger partial charge is 0.338 e. The predicted molar refractivity (Wildman–Crippen MR) is 334 cm³/mol. The summed E-state index contributed by atoms with van der Waals surface area (Å²) in [7, 11) is -30.4. The highest BCUT2D eigenvalue weighted by atomic mass is 32.2. The van der Waals surface area contributed by atoms with E-state index in [9.17, 15) is 117 Å². The number of carboxylic acids is 2. The lowest BCUT2D eigenvalue weighted by molar-refractivity contribution is -0.118. The molecule has 500 valence electrons. The molecule has 2 atom stereocenters. The number of anilines is 4. The maximum absolute atomic E-state index is 13.5. The zero-order chi connectivity index (χ0) is 70.9. The molecule has 0 aliphatic carbocycles. The van der Waals surface area contributed by atoms with Crippen LogP contribution in [0.2, 0.25) is 0 Å². The third kappa shape index (κ3) is 16.6. The number of hydrogen-bond donors (Lipinski definition) is 10. The lowest BCUT2D eigenvalue weighted by atomic mass is 10.1. The van der Waals surface area contributed by atoms with Crippen molar-refractivity contribution in [2.24, 2.45) is 30.7 Å². The number of hydrogen-bond acceptors (Lipinski definition) is 24. The van der Waals surface area contributed by atoms with Crippen LogP contribution in [-0.4, -0.2) is 147 Å². The van der Waals surface area contributed by atoms with Crippen LogP contribution in [0.25, 0.3) is 24.3 Å². The second kappa shape index (κ2) is 27.0. The highest BCUT2D eigenvalue weighted by molar-refractivity contribution is 7.87. The first kappa shape index (κ1) is 71.2. The SMILES string of the molecule is CC1=NN(c2ccc(/C=C/c3ccc(NC(=O)/C=C/C(=O)Nc4ccc(/C=C/c5ccc(N6N=C(C)C(N=Nc7ccc(S(=O)(=O)O)cc7C(=O)O)C6=O)c(S(=O)(=O)O)c5)cc4S(=O)(=O)O)c(S(=O)(=O)O)c3)cc2S(=O)(=O)O)C(=O)C1N=Nc1ccc(S(=O)(=O)O)cc1C(=O)O. The van der Waals surface area contributed by atoms with E-state index in [0.29, 0.717) is 34.3 Å². The van der Waals surface area contributed by atoms with E-state index in [4.69, 9.17) is 0 Å². The molecular formula is C54H42N10O26S6. The number of carbonyl (C=O) groups excluding carboxylic acids is 4. The van der Waals surface area contributed by atoms with Gasteiger partial charge in [-0.15, -0.1) is 0 Å². The van der Waals surface area contributed by atoms with Gasteiger partial charge in [0.05, 0.1) is 66.5 Å². The summed E-state index contributed by atoms with van der Waals surface area (Å²) in [5, 5.41) is 47.6. The van der Waals surface area contributed by atoms with Gasteiger partial charge in [-0.2, -0.15) is 91.2 Å². The average molecular weight is 1440 g/mol. The summed E-state index contributed by atoms with van der Waals surface area (Å²) >= 11 is 0. The second-order valence-corrected chi connectivity index (χ2v) is 28.2. The summed E-state index contributed by atoms with van der Waals surface area (Å²) in [6, 6.07) is 13.7. The molecule has 2 aliphatic rings. The number of benzene rings is 6. The maximum Gasteiger partial charge on any atom is 0.338 e. The molecule has 0 aromatic heterocycles. The lowest BCUT2D eigenvalue weighted by Gasteiger charge is -2.16. The van der Waals surface area contributed by atoms with E-state index in [2.05, 4.69) is 41.3 Å². The van der Waals surface area contributed by atoms with Gasteiger partial charge in [0.15, 0.2) is 12.1 Å². The van der Waals surface area contributed by atoms with Gasteiger partial charge in [0.25, 0.3) is 72.5 Å². The number of hydrazone groups is 2. The molecule has 96 heavy (non-hydrogen) atoms. The van der Waals surface area contributed by atoms with E-state index in [1.54, 1.807) is 0 Å². The minimum absolute atomic E-state index is 0.0155. The van der Waals surface area contributed by atoms with Crippen LogP contribution in [0.4, 0.5) is 34.1 Å². The Morgan fingerprint density at radius 3 is 1.02 bits per heavy atom. The highest BCUT2D eigenvalue weighted by Crippen LogP contribution is 2.36. The van der Waals surface area contributed by atoms with Crippen molar-refractivity contribution >= 4 is 166 Å². The Hall–Kier alpha value is -10.6. The third-order valence-corrected chi connectivity index (χ3v) is 18.4. The topological polar surface area (TPSA) is 574 Å². The van der Waals surface area contributed by atoms with Crippen LogP contribution in [0.1, 0.15) is 56.8 Å². The first-order valence-corrected chi connectivity index (χ1v) is 34.6. The molecule has 2 heterocycles. The van der Waals surface area contributed by atoms with E-state index in [1.807, 2.05) is 0 Å². The third-order valence-electron chi connectivity index (χ3n) is 13.1. The standard InChI is InChI=1S/C54H42N10O26S6/c1-27-49(59-57-37-15-11-33(91(73,74)75)25-35(37)53(69)70)51(67)63(61-27)41-17-9-31(23-45(41)95(85,86)87)5-3-29-7-13-39(43(21-29)93(79,80)81)55-47(65)19-20-48(66)56-40-14-8-30(22-44(40)94(82,83)84)4-6-32-10-18-42(46(24-32)96(88,89)90)64-52(68)50(28(2)62-64)60-58-38-16-12-34(92(76,77)78)26-36(38)54(71)72/h3-26,49-50H,1-2H3,(H,55,65)(H,56,66)(H,69,70)(H,71,72)(H,73,74,75)(H,76,77,78)(H,79,80,81)(H,82,83,84)(H,85,86,87)(H,88,89,90)/b5-3+,6-4+,20-19+,59-57?,60-58?. The van der Waals surface area contributed by atoms with Gasteiger partial charge in [-0.3, -0.25) is 46.5 Å². The lowest BCUT2D eigenvalue weighted by Crippen LogP contribution is -2.30. The average Bonchev–Trinajstić information content (AvgIpc) is 1.59. The van der Waals surface area contributed by atoms with Crippen molar-refractivity contribution in [3.05, 3.63) is 155 Å². The zero-order valence-corrected chi connectivity index (χ0v) is 52.9. The van der Waals surface area contributed by atoms with Crippen molar-refractivity contribution in [1.29, 1.82) is 0 Å². The normalized spacial score (nSPS) is 16.0. The van der Waals surface area contributed by atoms with Crippen LogP contribution in [0.3, 0.4) is 0 Å². The summed E-state index contributed by atoms with van der Waals surface area (Å²) in [4.78, 5) is 71.5. The molecule has 0 saturated carbocycles. The summed E-state index contributed by atoms with van der Waals surface area (Å²) in [5.74, 6) is -7.87. The van der Waals surface area contributed by atoms with E-state index < -0.39 is 183 Å². The summed E-state index contributed by atoms with van der Waals surface area (Å²) in [5.41, 5.74) is -4.80. The van der Waals surface area contributed by atoms with E-state index in [-0.39, 0.29) is 33.7 Å². The van der Waals surface area contributed by atoms with Crippen LogP contribution in [0.15, 0.2) is 181 Å².